The van der Waals surface area contributed by atoms with Crippen molar-refractivity contribution < 1.29 is 23.8 Å². The Labute approximate surface area is 273 Å². The molecule has 0 saturated carbocycles. The number of anilines is 1. The van der Waals surface area contributed by atoms with Crippen LogP contribution in [0.5, 0.6) is 17.2 Å². The van der Waals surface area contributed by atoms with E-state index in [9.17, 15) is 14.4 Å². The summed E-state index contributed by atoms with van der Waals surface area (Å²) in [6, 6.07) is 11.6. The van der Waals surface area contributed by atoms with E-state index in [-0.39, 0.29) is 28.8 Å². The second kappa shape index (κ2) is 14.5. The quantitative estimate of drug-likeness (QED) is 0.208. The number of aromatic nitrogens is 3. The average Bonchev–Trinajstić information content (AvgIpc) is 3.34. The maximum atomic E-state index is 13.9. The first kappa shape index (κ1) is 33.2. The van der Waals surface area contributed by atoms with Crippen molar-refractivity contribution in [1.82, 2.24) is 25.2 Å². The van der Waals surface area contributed by atoms with Crippen LogP contribution in [0.15, 0.2) is 53.5 Å². The Morgan fingerprint density at radius 1 is 1.04 bits per heavy atom. The third kappa shape index (κ3) is 6.86. The first-order chi connectivity index (χ1) is 22.7. The van der Waals surface area contributed by atoms with Gasteiger partial charge >= 0.3 is 0 Å². The number of carbonyl (C=O) groups is 2. The molecule has 5 rings (SSSR count). The minimum atomic E-state index is -0.678. The maximum absolute atomic E-state index is 13.9. The topological polar surface area (TPSA) is 145 Å². The number of hydrogen-bond acceptors (Lipinski definition) is 9. The van der Waals surface area contributed by atoms with Crippen LogP contribution in [0, 0.1) is 5.92 Å². The molecule has 0 saturated heterocycles. The number of aryl methyl sites for hydroxylation is 1. The van der Waals surface area contributed by atoms with E-state index in [1.807, 2.05) is 54.8 Å². The van der Waals surface area contributed by atoms with Crippen LogP contribution in [0.1, 0.15) is 56.6 Å². The number of benzene rings is 1. The molecule has 0 unspecified atom stereocenters. The largest absolute Gasteiger partial charge is 0.493 e. The van der Waals surface area contributed by atoms with E-state index < -0.39 is 12.1 Å². The molecule has 2 heterocycles. The summed E-state index contributed by atoms with van der Waals surface area (Å²) in [4.78, 5) is 39.8. The van der Waals surface area contributed by atoms with Crippen molar-refractivity contribution in [3.05, 3.63) is 75.8 Å². The van der Waals surface area contributed by atoms with E-state index >= 15 is 0 Å². The number of hydrogen-bond donors (Lipinski definition) is 3. The number of carbonyl (C=O) groups excluding carboxylic acids is 2. The number of rotatable bonds is 12. The van der Waals surface area contributed by atoms with Crippen molar-refractivity contribution in [2.45, 2.75) is 58.5 Å². The summed E-state index contributed by atoms with van der Waals surface area (Å²) in [5.41, 5.74) is 3.75. The lowest BCUT2D eigenvalue weighted by atomic mass is 9.95. The van der Waals surface area contributed by atoms with Crippen LogP contribution in [-0.2, 0) is 22.4 Å². The second-order valence-electron chi connectivity index (χ2n) is 11.7. The smallest absolute Gasteiger partial charge is 0.242 e. The number of nitrogens with zero attached hydrogens (tertiary/aromatic N) is 3. The molecule has 0 radical (unpaired) electrons. The minimum Gasteiger partial charge on any atom is -0.493 e. The van der Waals surface area contributed by atoms with E-state index in [4.69, 9.17) is 14.2 Å². The molecule has 4 aromatic rings. The Hall–Kier alpha value is -5.13. The maximum Gasteiger partial charge on any atom is 0.242 e. The zero-order valence-electron chi connectivity index (χ0n) is 27.7. The van der Waals surface area contributed by atoms with Crippen molar-refractivity contribution in [3.8, 4) is 28.4 Å². The summed E-state index contributed by atoms with van der Waals surface area (Å²) in [6.45, 7) is 5.78. The predicted octanol–water partition coefficient (Wildman–Crippen LogP) is 4.09. The third-order valence-electron chi connectivity index (χ3n) is 8.75. The molecule has 12 nitrogen and oxygen atoms in total. The zero-order chi connectivity index (χ0) is 33.7. The van der Waals surface area contributed by atoms with Gasteiger partial charge in [-0.1, -0.05) is 32.4 Å². The molecule has 2 aromatic heterocycles. The van der Waals surface area contributed by atoms with E-state index in [1.54, 1.807) is 33.5 Å². The summed E-state index contributed by atoms with van der Waals surface area (Å²) >= 11 is 0. The average molecular weight is 643 g/mol. The summed E-state index contributed by atoms with van der Waals surface area (Å²) < 4.78 is 19.1. The van der Waals surface area contributed by atoms with Crippen molar-refractivity contribution in [1.29, 1.82) is 0 Å². The van der Waals surface area contributed by atoms with Gasteiger partial charge in [0.15, 0.2) is 17.1 Å². The third-order valence-corrected chi connectivity index (χ3v) is 8.75. The molecule has 47 heavy (non-hydrogen) atoms. The van der Waals surface area contributed by atoms with Crippen LogP contribution < -0.4 is 35.6 Å². The number of pyridine rings is 1. The monoisotopic (exact) mass is 642 g/mol. The van der Waals surface area contributed by atoms with Gasteiger partial charge in [-0.3, -0.25) is 18.8 Å². The number of amides is 2. The molecule has 3 N–H and O–H groups in total. The number of methoxy groups -OCH3 is 3. The highest BCUT2D eigenvalue weighted by atomic mass is 16.5. The highest BCUT2D eigenvalue weighted by molar-refractivity contribution is 5.86. The summed E-state index contributed by atoms with van der Waals surface area (Å²) in [5.74, 6) is 1.64. The lowest BCUT2D eigenvalue weighted by Gasteiger charge is -2.24. The Morgan fingerprint density at radius 2 is 1.83 bits per heavy atom. The first-order valence-electron chi connectivity index (χ1n) is 15.8. The van der Waals surface area contributed by atoms with Gasteiger partial charge in [-0.25, -0.2) is 0 Å². The van der Waals surface area contributed by atoms with Gasteiger partial charge in [0, 0.05) is 31.6 Å². The Morgan fingerprint density at radius 3 is 2.53 bits per heavy atom. The zero-order valence-corrected chi connectivity index (χ0v) is 27.7. The molecule has 1 aliphatic carbocycles. The highest BCUT2D eigenvalue weighted by Crippen LogP contribution is 2.50. The van der Waals surface area contributed by atoms with Crippen LogP contribution in [0.2, 0.25) is 0 Å². The summed E-state index contributed by atoms with van der Waals surface area (Å²) in [5, 5.41) is 17.7. The molecule has 248 valence electrons. The van der Waals surface area contributed by atoms with Gasteiger partial charge in [-0.2, -0.15) is 0 Å². The van der Waals surface area contributed by atoms with Gasteiger partial charge in [0.25, 0.3) is 0 Å². The fourth-order valence-electron chi connectivity index (χ4n) is 6.17. The number of ether oxygens (including phenoxy) is 3. The molecule has 0 fully saturated rings. The Kier molecular flexibility index (Phi) is 10.3. The van der Waals surface area contributed by atoms with Crippen molar-refractivity contribution in [2.75, 3.05) is 33.2 Å². The van der Waals surface area contributed by atoms with Gasteiger partial charge < -0.3 is 30.2 Å². The van der Waals surface area contributed by atoms with E-state index in [2.05, 4.69) is 26.1 Å². The second-order valence-corrected chi connectivity index (χ2v) is 11.7. The van der Waals surface area contributed by atoms with Crippen LogP contribution >= 0.6 is 0 Å². The minimum absolute atomic E-state index is 0.0867. The molecule has 0 bridgehead atoms. The number of fused-ring (bicyclic) bond motifs is 4. The first-order valence-corrected chi connectivity index (χ1v) is 15.8. The summed E-state index contributed by atoms with van der Waals surface area (Å²) in [7, 11) is 4.67. The molecular formula is C35H42N6O6. The van der Waals surface area contributed by atoms with Crippen LogP contribution in [-0.4, -0.2) is 60.3 Å². The van der Waals surface area contributed by atoms with Crippen molar-refractivity contribution in [3.63, 3.8) is 0 Å². The number of nitrogens with one attached hydrogen (secondary N) is 3. The van der Waals surface area contributed by atoms with E-state index in [1.165, 1.54) is 6.92 Å². The molecular weight excluding hydrogens is 600 g/mol. The van der Waals surface area contributed by atoms with Gasteiger partial charge in [-0.15, -0.1) is 10.2 Å². The van der Waals surface area contributed by atoms with Gasteiger partial charge in [0.1, 0.15) is 11.9 Å². The fraction of sp³-hybridized carbons (Fsp3) is 0.400. The highest BCUT2D eigenvalue weighted by Gasteiger charge is 2.30. The molecule has 12 heteroatoms. The molecule has 2 aromatic carbocycles. The van der Waals surface area contributed by atoms with Crippen LogP contribution in [0.25, 0.3) is 16.8 Å². The molecule has 3 atom stereocenters. The molecule has 0 spiro atoms. The fourth-order valence-corrected chi connectivity index (χ4v) is 6.17. The normalized spacial score (nSPS) is 15.0. The van der Waals surface area contributed by atoms with Gasteiger partial charge in [-0.05, 0) is 65.8 Å². The van der Waals surface area contributed by atoms with Crippen molar-refractivity contribution >= 4 is 23.1 Å². The van der Waals surface area contributed by atoms with Crippen LogP contribution in [0.3, 0.4) is 0 Å². The van der Waals surface area contributed by atoms with Crippen molar-refractivity contribution in [2.24, 2.45) is 5.92 Å². The molecule has 0 aliphatic heterocycles. The van der Waals surface area contributed by atoms with E-state index in [0.29, 0.717) is 60.6 Å². The lowest BCUT2D eigenvalue weighted by molar-refractivity contribution is -0.123. The summed E-state index contributed by atoms with van der Waals surface area (Å²) in [6.07, 6.45) is 4.23. The Balaban J connectivity index is 1.50. The predicted molar refractivity (Wildman–Crippen MR) is 179 cm³/mol. The SMILES string of the molecule is CC[C@@H](C)[C@H](Nc1ccc2c(cc1=O)[C@@H](NC(C)=O)CCc1cc(OC)c(OC)c(OC)c1-2)C(=O)NCCc1nnc2ccccn12. The van der Waals surface area contributed by atoms with Gasteiger partial charge in [0.2, 0.25) is 23.0 Å². The van der Waals surface area contributed by atoms with E-state index in [0.717, 1.165) is 22.6 Å². The van der Waals surface area contributed by atoms with Crippen LogP contribution in [0.4, 0.5) is 5.69 Å². The lowest BCUT2D eigenvalue weighted by Crippen LogP contribution is -2.45. The molecule has 2 amide bonds. The van der Waals surface area contributed by atoms with Gasteiger partial charge in [0.05, 0.1) is 33.1 Å². The Bertz CT molecular complexity index is 1840. The molecule has 1 aliphatic rings. The standard InChI is InChI=1S/C35H42N6O6/c1-7-20(2)32(35(44)36-16-15-30-40-39-29-10-8-9-17-41(29)30)38-26-14-12-23-24(19-27(26)43)25(37-21(3)42)13-11-22-18-28(45-4)33(46-5)34(47-6)31(22)23/h8-10,12,14,17-20,25,32H,7,11,13,15-16H2,1-6H3,(H,36,44)(H,37,42)(H,38,43)/t20-,25+,32+/m1/s1.